The van der Waals surface area contributed by atoms with Crippen LogP contribution in [0.15, 0.2) is 42.5 Å². The summed E-state index contributed by atoms with van der Waals surface area (Å²) in [5.74, 6) is 0.489. The van der Waals surface area contributed by atoms with Crippen molar-refractivity contribution >= 4 is 29.1 Å². The highest BCUT2D eigenvalue weighted by Gasteiger charge is 2.27. The van der Waals surface area contributed by atoms with Crippen molar-refractivity contribution < 1.29 is 14.3 Å². The van der Waals surface area contributed by atoms with E-state index < -0.39 is 0 Å². The number of nitrogens with zero attached hydrogens (tertiary/aromatic N) is 1. The minimum Gasteiger partial charge on any atom is -0.487 e. The van der Waals surface area contributed by atoms with Gasteiger partial charge in [0, 0.05) is 24.4 Å². The maximum Gasteiger partial charge on any atom is 0.227 e. The Morgan fingerprint density at radius 2 is 1.93 bits per heavy atom. The third-order valence-electron chi connectivity index (χ3n) is 4.44. The number of carbonyl (C=O) groups is 2. The average Bonchev–Trinajstić information content (AvgIpc) is 2.65. The second-order valence-electron chi connectivity index (χ2n) is 6.81. The number of rotatable bonds is 5. The van der Waals surface area contributed by atoms with Gasteiger partial charge in [-0.05, 0) is 49.2 Å². The first-order valence-corrected chi connectivity index (χ1v) is 9.39. The Hall–Kier alpha value is -2.53. The molecule has 1 heterocycles. The van der Waals surface area contributed by atoms with Crippen LogP contribution in [0.1, 0.15) is 30.9 Å². The fourth-order valence-electron chi connectivity index (χ4n) is 3.03. The van der Waals surface area contributed by atoms with Crippen molar-refractivity contribution in [2.45, 2.75) is 39.3 Å². The summed E-state index contributed by atoms with van der Waals surface area (Å²) in [6, 6.07) is 13.1. The Labute approximate surface area is 164 Å². The van der Waals surface area contributed by atoms with Gasteiger partial charge in [-0.2, -0.15) is 0 Å². The molecule has 0 aromatic heterocycles. The number of hydrogen-bond acceptors (Lipinski definition) is 3. The van der Waals surface area contributed by atoms with Crippen molar-refractivity contribution in [1.29, 1.82) is 0 Å². The normalized spacial score (nSPS) is 15.7. The van der Waals surface area contributed by atoms with Crippen LogP contribution in [0.3, 0.4) is 0 Å². The molecular formula is C21H23ClN2O3. The van der Waals surface area contributed by atoms with Crippen molar-refractivity contribution in [1.82, 2.24) is 5.32 Å². The van der Waals surface area contributed by atoms with Crippen LogP contribution in [-0.2, 0) is 16.1 Å². The maximum absolute atomic E-state index is 12.7. The zero-order valence-corrected chi connectivity index (χ0v) is 16.3. The molecule has 0 bridgehead atoms. The molecule has 2 amide bonds. The molecule has 0 fully saturated rings. The van der Waals surface area contributed by atoms with E-state index in [4.69, 9.17) is 16.3 Å². The van der Waals surface area contributed by atoms with E-state index in [0.717, 1.165) is 16.8 Å². The summed E-state index contributed by atoms with van der Waals surface area (Å²) in [6.07, 6.45) is 0.231. The lowest BCUT2D eigenvalue weighted by Crippen LogP contribution is -2.42. The lowest BCUT2D eigenvalue weighted by Gasteiger charge is -2.33. The fraction of sp³-hybridized carbons (Fsp3) is 0.333. The molecule has 0 saturated carbocycles. The van der Waals surface area contributed by atoms with Gasteiger partial charge in [0.15, 0.2) is 0 Å². The Kier molecular flexibility index (Phi) is 6.01. The number of carbonyl (C=O) groups excluding carboxylic acids is 2. The van der Waals surface area contributed by atoms with E-state index in [1.54, 1.807) is 17.0 Å². The summed E-state index contributed by atoms with van der Waals surface area (Å²) in [5.41, 5.74) is 2.80. The van der Waals surface area contributed by atoms with Crippen LogP contribution >= 0.6 is 11.6 Å². The summed E-state index contributed by atoms with van der Waals surface area (Å²) in [5, 5.41) is 3.49. The van der Waals surface area contributed by atoms with Crippen molar-refractivity contribution in [2.75, 3.05) is 11.4 Å². The topological polar surface area (TPSA) is 58.6 Å². The molecule has 142 valence electrons. The molecule has 1 atom stereocenters. The molecule has 1 aliphatic rings. The van der Waals surface area contributed by atoms with Gasteiger partial charge in [0.1, 0.15) is 11.9 Å². The van der Waals surface area contributed by atoms with Gasteiger partial charge in [-0.1, -0.05) is 29.8 Å². The van der Waals surface area contributed by atoms with Crippen molar-refractivity contribution in [3.63, 3.8) is 0 Å². The van der Waals surface area contributed by atoms with E-state index in [-0.39, 0.29) is 30.8 Å². The van der Waals surface area contributed by atoms with Crippen LogP contribution in [0.25, 0.3) is 0 Å². The first-order chi connectivity index (χ1) is 12.9. The zero-order chi connectivity index (χ0) is 19.4. The van der Waals surface area contributed by atoms with Crippen LogP contribution in [0.4, 0.5) is 5.69 Å². The van der Waals surface area contributed by atoms with E-state index in [0.29, 0.717) is 23.9 Å². The van der Waals surface area contributed by atoms with Gasteiger partial charge in [0.2, 0.25) is 11.8 Å². The third-order valence-corrected chi connectivity index (χ3v) is 4.69. The van der Waals surface area contributed by atoms with Gasteiger partial charge in [0.05, 0.1) is 12.2 Å². The number of fused-ring (bicyclic) bond motifs is 1. The summed E-state index contributed by atoms with van der Waals surface area (Å²) in [6.45, 7) is 4.82. The smallest absolute Gasteiger partial charge is 0.227 e. The van der Waals surface area contributed by atoms with Gasteiger partial charge in [-0.3, -0.25) is 9.59 Å². The van der Waals surface area contributed by atoms with Crippen LogP contribution in [0.5, 0.6) is 5.75 Å². The van der Waals surface area contributed by atoms with Gasteiger partial charge in [-0.25, -0.2) is 0 Å². The van der Waals surface area contributed by atoms with E-state index in [1.807, 2.05) is 44.2 Å². The Morgan fingerprint density at radius 1 is 1.19 bits per heavy atom. The van der Waals surface area contributed by atoms with Crippen molar-refractivity contribution in [3.05, 3.63) is 58.6 Å². The van der Waals surface area contributed by atoms with E-state index in [9.17, 15) is 9.59 Å². The summed E-state index contributed by atoms with van der Waals surface area (Å²) in [7, 11) is 0. The van der Waals surface area contributed by atoms with Crippen LogP contribution in [0, 0.1) is 6.92 Å². The molecule has 2 aromatic carbocycles. The number of hydrogen-bond donors (Lipinski definition) is 1. The van der Waals surface area contributed by atoms with E-state index in [2.05, 4.69) is 5.32 Å². The first kappa shape index (κ1) is 19.2. The molecule has 0 unspecified atom stereocenters. The fourth-order valence-corrected chi connectivity index (χ4v) is 3.16. The third kappa shape index (κ3) is 5.01. The number of amides is 2. The molecule has 0 spiro atoms. The molecule has 1 aliphatic heterocycles. The molecule has 27 heavy (non-hydrogen) atoms. The monoisotopic (exact) mass is 386 g/mol. The quantitative estimate of drug-likeness (QED) is 0.848. The minimum atomic E-state index is -0.149. The molecule has 3 rings (SSSR count). The number of anilines is 1. The van der Waals surface area contributed by atoms with E-state index >= 15 is 0 Å². The molecule has 5 nitrogen and oxygen atoms in total. The predicted octanol–water partition coefficient (Wildman–Crippen LogP) is 3.86. The lowest BCUT2D eigenvalue weighted by atomic mass is 10.1. The Morgan fingerprint density at radius 3 is 2.67 bits per heavy atom. The average molecular weight is 387 g/mol. The van der Waals surface area contributed by atoms with Gasteiger partial charge >= 0.3 is 0 Å². The summed E-state index contributed by atoms with van der Waals surface area (Å²) < 4.78 is 5.81. The summed E-state index contributed by atoms with van der Waals surface area (Å²) >= 11 is 5.85. The lowest BCUT2D eigenvalue weighted by molar-refractivity contribution is -0.125. The molecule has 0 aliphatic carbocycles. The molecule has 0 saturated heterocycles. The predicted molar refractivity (Wildman–Crippen MR) is 106 cm³/mol. The zero-order valence-electron chi connectivity index (χ0n) is 15.5. The molecule has 6 heteroatoms. The first-order valence-electron chi connectivity index (χ1n) is 9.01. The highest BCUT2D eigenvalue weighted by atomic mass is 35.5. The van der Waals surface area contributed by atoms with Crippen LogP contribution in [0.2, 0.25) is 5.02 Å². The van der Waals surface area contributed by atoms with Gasteiger partial charge in [-0.15, -0.1) is 0 Å². The maximum atomic E-state index is 12.7. The highest BCUT2D eigenvalue weighted by Crippen LogP contribution is 2.34. The van der Waals surface area contributed by atoms with Crippen LogP contribution in [-0.4, -0.2) is 24.5 Å². The molecule has 1 N–H and O–H groups in total. The van der Waals surface area contributed by atoms with E-state index in [1.165, 1.54) is 0 Å². The van der Waals surface area contributed by atoms with Crippen molar-refractivity contribution in [3.8, 4) is 5.75 Å². The number of nitrogens with one attached hydrogen (secondary N) is 1. The Balaban J connectivity index is 1.55. The number of benzene rings is 2. The molecule has 2 aromatic rings. The van der Waals surface area contributed by atoms with Crippen molar-refractivity contribution in [2.24, 2.45) is 0 Å². The van der Waals surface area contributed by atoms with Gasteiger partial charge in [0.25, 0.3) is 0 Å². The van der Waals surface area contributed by atoms with Gasteiger partial charge < -0.3 is 15.0 Å². The minimum absolute atomic E-state index is 0.0707. The largest absolute Gasteiger partial charge is 0.487 e. The molecule has 0 radical (unpaired) electrons. The molecular weight excluding hydrogens is 364 g/mol. The summed E-state index contributed by atoms with van der Waals surface area (Å²) in [4.78, 5) is 26.5. The highest BCUT2D eigenvalue weighted by molar-refractivity contribution is 6.30. The number of halogens is 1. The SMILES string of the molecule is Cc1ccc2c(c1)N(C(=O)CCC(=O)NCc1ccc(Cl)cc1)C[C@H](C)O2. The number of ether oxygens (including phenoxy) is 1. The second kappa shape index (κ2) is 8.44. The Bertz CT molecular complexity index is 836. The number of aryl methyl sites for hydroxylation is 1. The second-order valence-corrected chi connectivity index (χ2v) is 7.24. The standard InChI is InChI=1S/C21H23ClN2O3/c1-14-3-8-19-18(11-14)24(13-15(2)27-19)21(26)10-9-20(25)23-12-16-4-6-17(22)7-5-16/h3-8,11,15H,9-10,12-13H2,1-2H3,(H,23,25)/t15-/m0/s1. The van der Waals surface area contributed by atoms with Crippen LogP contribution < -0.4 is 15.0 Å².